The summed E-state index contributed by atoms with van der Waals surface area (Å²) in [6, 6.07) is 16.7. The zero-order valence-electron chi connectivity index (χ0n) is 15.7. The zero-order chi connectivity index (χ0) is 20.3. The number of allylic oxidation sites excluding steroid dienone is 1. The van der Waals surface area contributed by atoms with Gasteiger partial charge in [-0.05, 0) is 65.4 Å². The molecule has 1 aromatic heterocycles. The van der Waals surface area contributed by atoms with E-state index >= 15 is 0 Å². The minimum Gasteiger partial charge on any atom is -0.284 e. The molecule has 0 saturated heterocycles. The maximum atomic E-state index is 13.4. The van der Waals surface area contributed by atoms with Crippen LogP contribution < -0.4 is 0 Å². The van der Waals surface area contributed by atoms with Crippen molar-refractivity contribution in [2.75, 3.05) is 6.54 Å². The van der Waals surface area contributed by atoms with Crippen LogP contribution in [-0.2, 0) is 6.18 Å². The van der Waals surface area contributed by atoms with Gasteiger partial charge in [0.25, 0.3) is 0 Å². The lowest BCUT2D eigenvalue weighted by molar-refractivity contribution is -0.137. The van der Waals surface area contributed by atoms with Gasteiger partial charge in [-0.3, -0.25) is 9.98 Å². The highest BCUT2D eigenvalue weighted by atomic mass is 19.4. The second kappa shape index (κ2) is 8.03. The Labute approximate surface area is 167 Å². The summed E-state index contributed by atoms with van der Waals surface area (Å²) in [5.74, 6) is 0. The van der Waals surface area contributed by atoms with Gasteiger partial charge in [0.15, 0.2) is 0 Å². The molecule has 2 aromatic carbocycles. The number of hydrogen-bond donors (Lipinski definition) is 0. The van der Waals surface area contributed by atoms with E-state index in [4.69, 9.17) is 0 Å². The first-order chi connectivity index (χ1) is 14.0. The average molecular weight is 392 g/mol. The molecule has 4 rings (SSSR count). The second-order valence-corrected chi connectivity index (χ2v) is 6.91. The summed E-state index contributed by atoms with van der Waals surface area (Å²) in [5, 5.41) is 0. The van der Waals surface area contributed by atoms with E-state index in [1.807, 2.05) is 24.3 Å². The molecule has 0 spiro atoms. The van der Waals surface area contributed by atoms with E-state index in [0.717, 1.165) is 47.9 Å². The Morgan fingerprint density at radius 1 is 0.897 bits per heavy atom. The monoisotopic (exact) mass is 392 g/mol. The van der Waals surface area contributed by atoms with Crippen LogP contribution in [0.4, 0.5) is 13.2 Å². The first-order valence-corrected chi connectivity index (χ1v) is 9.45. The summed E-state index contributed by atoms with van der Waals surface area (Å²) in [7, 11) is 0. The average Bonchev–Trinajstić information content (AvgIpc) is 2.74. The third-order valence-electron chi connectivity index (χ3n) is 4.88. The van der Waals surface area contributed by atoms with E-state index in [1.165, 1.54) is 12.1 Å². The topological polar surface area (TPSA) is 25.2 Å². The Morgan fingerprint density at radius 2 is 1.72 bits per heavy atom. The molecule has 146 valence electrons. The van der Waals surface area contributed by atoms with E-state index in [0.29, 0.717) is 5.56 Å². The molecule has 0 saturated carbocycles. The van der Waals surface area contributed by atoms with Gasteiger partial charge >= 0.3 is 6.18 Å². The van der Waals surface area contributed by atoms with E-state index in [-0.39, 0.29) is 5.56 Å². The number of rotatable bonds is 3. The van der Waals surface area contributed by atoms with Crippen molar-refractivity contribution in [1.82, 2.24) is 4.98 Å². The smallest absolute Gasteiger partial charge is 0.284 e. The molecule has 0 amide bonds. The Hall–Kier alpha value is -3.21. The van der Waals surface area contributed by atoms with E-state index < -0.39 is 11.7 Å². The number of aliphatic imine (C=N–C) groups is 1. The number of aromatic nitrogens is 1. The van der Waals surface area contributed by atoms with Crippen molar-refractivity contribution in [2.24, 2.45) is 4.99 Å². The van der Waals surface area contributed by atoms with Crippen molar-refractivity contribution >= 4 is 11.8 Å². The van der Waals surface area contributed by atoms with E-state index in [1.54, 1.807) is 36.7 Å². The summed E-state index contributed by atoms with van der Waals surface area (Å²) in [4.78, 5) is 8.84. The lowest BCUT2D eigenvalue weighted by Crippen LogP contribution is -2.11. The third-order valence-corrected chi connectivity index (χ3v) is 4.88. The minimum atomic E-state index is -4.39. The molecule has 1 aliphatic rings. The first-order valence-electron chi connectivity index (χ1n) is 9.45. The molecule has 0 unspecified atom stereocenters. The molecule has 3 aromatic rings. The van der Waals surface area contributed by atoms with Crippen LogP contribution in [-0.4, -0.2) is 17.2 Å². The largest absolute Gasteiger partial charge is 0.417 e. The molecule has 1 aliphatic heterocycles. The van der Waals surface area contributed by atoms with Crippen LogP contribution >= 0.6 is 0 Å². The molecule has 0 fully saturated rings. The van der Waals surface area contributed by atoms with Crippen LogP contribution in [0.2, 0.25) is 0 Å². The molecule has 0 aliphatic carbocycles. The third kappa shape index (κ3) is 4.29. The molecule has 0 N–H and O–H groups in total. The maximum Gasteiger partial charge on any atom is 0.417 e. The molecule has 2 nitrogen and oxygen atoms in total. The molecule has 0 atom stereocenters. The molecular weight excluding hydrogens is 373 g/mol. The molecular formula is C24H19F3N2. The van der Waals surface area contributed by atoms with Gasteiger partial charge in [-0.15, -0.1) is 0 Å². The van der Waals surface area contributed by atoms with Crippen molar-refractivity contribution in [1.29, 1.82) is 0 Å². The number of halogens is 3. The summed E-state index contributed by atoms with van der Waals surface area (Å²) in [5.41, 5.74) is 3.90. The molecule has 5 heteroatoms. The zero-order valence-corrected chi connectivity index (χ0v) is 15.7. The summed E-state index contributed by atoms with van der Waals surface area (Å²) in [6.07, 6.45) is 2.95. The molecule has 2 heterocycles. The van der Waals surface area contributed by atoms with Gasteiger partial charge in [0.1, 0.15) is 0 Å². The number of hydrogen-bond acceptors (Lipinski definition) is 2. The van der Waals surface area contributed by atoms with Crippen LogP contribution in [0.1, 0.15) is 29.5 Å². The standard InChI is InChI=1S/C24H19F3N2/c25-24(26,27)22-11-2-1-10-21(22)18-7-3-6-17(14-18)15-19-8-5-13-29-23(19)20-9-4-12-28-16-20/h1-4,6-7,9-12,14-16H,5,8,13H2/b19-15+. The Morgan fingerprint density at radius 3 is 2.52 bits per heavy atom. The van der Waals surface area contributed by atoms with E-state index in [2.05, 4.69) is 9.98 Å². The van der Waals surface area contributed by atoms with Crippen LogP contribution in [0, 0.1) is 0 Å². The first kappa shape index (κ1) is 19.1. The molecule has 0 radical (unpaired) electrons. The fourth-order valence-corrected chi connectivity index (χ4v) is 3.58. The van der Waals surface area contributed by atoms with Gasteiger partial charge in [-0.1, -0.05) is 36.4 Å². The van der Waals surface area contributed by atoms with Gasteiger partial charge in [0, 0.05) is 24.5 Å². The van der Waals surface area contributed by atoms with Crippen LogP contribution in [0.15, 0.2) is 83.6 Å². The predicted octanol–water partition coefficient (Wildman–Crippen LogP) is 6.43. The normalized spacial score (nSPS) is 16.0. The summed E-state index contributed by atoms with van der Waals surface area (Å²) < 4.78 is 40.2. The van der Waals surface area contributed by atoms with E-state index in [9.17, 15) is 13.2 Å². The van der Waals surface area contributed by atoms with Gasteiger partial charge in [-0.2, -0.15) is 13.2 Å². The van der Waals surface area contributed by atoms with Crippen LogP contribution in [0.25, 0.3) is 17.2 Å². The fourth-order valence-electron chi connectivity index (χ4n) is 3.58. The predicted molar refractivity (Wildman–Crippen MR) is 110 cm³/mol. The van der Waals surface area contributed by atoms with Crippen molar-refractivity contribution in [2.45, 2.75) is 19.0 Å². The van der Waals surface area contributed by atoms with Crippen molar-refractivity contribution in [3.05, 3.63) is 95.3 Å². The van der Waals surface area contributed by atoms with Crippen molar-refractivity contribution in [3.8, 4) is 11.1 Å². The summed E-state index contributed by atoms with van der Waals surface area (Å²) in [6.45, 7) is 0.764. The number of alkyl halides is 3. The minimum absolute atomic E-state index is 0.185. The van der Waals surface area contributed by atoms with Crippen molar-refractivity contribution in [3.63, 3.8) is 0 Å². The van der Waals surface area contributed by atoms with Gasteiger partial charge < -0.3 is 0 Å². The van der Waals surface area contributed by atoms with Crippen LogP contribution in [0.3, 0.4) is 0 Å². The number of nitrogens with zero attached hydrogens (tertiary/aromatic N) is 2. The number of benzene rings is 2. The second-order valence-electron chi connectivity index (χ2n) is 6.91. The lowest BCUT2D eigenvalue weighted by atomic mass is 9.93. The van der Waals surface area contributed by atoms with Gasteiger partial charge in [0.2, 0.25) is 0 Å². The Bertz CT molecular complexity index is 1070. The summed E-state index contributed by atoms with van der Waals surface area (Å²) >= 11 is 0. The highest BCUT2D eigenvalue weighted by Gasteiger charge is 2.33. The lowest BCUT2D eigenvalue weighted by Gasteiger charge is -2.17. The SMILES string of the molecule is FC(F)(F)c1ccccc1-c1cccc(/C=C2\CCCN=C2c2cccnc2)c1. The highest BCUT2D eigenvalue weighted by Crippen LogP contribution is 2.37. The Kier molecular flexibility index (Phi) is 5.30. The fraction of sp³-hybridized carbons (Fsp3) is 0.167. The Balaban J connectivity index is 1.74. The van der Waals surface area contributed by atoms with Crippen molar-refractivity contribution < 1.29 is 13.2 Å². The molecule has 29 heavy (non-hydrogen) atoms. The quantitative estimate of drug-likeness (QED) is 0.504. The highest BCUT2D eigenvalue weighted by molar-refractivity contribution is 6.15. The molecule has 0 bridgehead atoms. The van der Waals surface area contributed by atoms with Gasteiger partial charge in [-0.25, -0.2) is 0 Å². The number of pyridine rings is 1. The van der Waals surface area contributed by atoms with Gasteiger partial charge in [0.05, 0.1) is 11.3 Å². The van der Waals surface area contributed by atoms with Crippen LogP contribution in [0.5, 0.6) is 0 Å². The maximum absolute atomic E-state index is 13.4.